The number of carbonyl (C=O) groups is 1. The van der Waals surface area contributed by atoms with Crippen LogP contribution in [0.5, 0.6) is 11.5 Å². The molecule has 1 heterocycles. The maximum Gasteiger partial charge on any atom is 0.263 e. The number of halogens is 2. The fraction of sp³-hybridized carbons (Fsp3) is 0.0588. The summed E-state index contributed by atoms with van der Waals surface area (Å²) in [6.45, 7) is 0. The van der Waals surface area contributed by atoms with E-state index in [9.17, 15) is 9.90 Å². The lowest BCUT2D eigenvalue weighted by atomic mass is 10.0. The Hall–Kier alpha value is -1.73. The molecule has 3 rings (SSSR count). The molecule has 2 aromatic rings. The SMILES string of the molecule is COc1cc(C=C2SC(=S)NC2=O)c(O)c(-c2ccc(Cl)c(Cl)c2)c1. The second-order valence-corrected chi connectivity index (χ2v) is 7.63. The van der Waals surface area contributed by atoms with Crippen molar-refractivity contribution in [1.82, 2.24) is 5.32 Å². The van der Waals surface area contributed by atoms with Crippen LogP contribution in [0, 0.1) is 0 Å². The second-order valence-electron chi connectivity index (χ2n) is 5.09. The van der Waals surface area contributed by atoms with E-state index in [1.807, 2.05) is 0 Å². The summed E-state index contributed by atoms with van der Waals surface area (Å²) in [5.41, 5.74) is 1.61. The molecule has 2 aromatic carbocycles. The number of ether oxygens (including phenoxy) is 1. The van der Waals surface area contributed by atoms with Crippen LogP contribution < -0.4 is 10.1 Å². The maximum absolute atomic E-state index is 11.9. The van der Waals surface area contributed by atoms with Crippen LogP contribution in [0.2, 0.25) is 10.0 Å². The van der Waals surface area contributed by atoms with E-state index in [0.717, 1.165) is 11.8 Å². The Morgan fingerprint density at radius 3 is 2.60 bits per heavy atom. The van der Waals surface area contributed by atoms with E-state index >= 15 is 0 Å². The Kier molecular flexibility index (Phi) is 5.24. The van der Waals surface area contributed by atoms with Crippen molar-refractivity contribution in [2.75, 3.05) is 7.11 Å². The lowest BCUT2D eigenvalue weighted by molar-refractivity contribution is -0.115. The van der Waals surface area contributed by atoms with E-state index in [4.69, 9.17) is 40.2 Å². The summed E-state index contributed by atoms with van der Waals surface area (Å²) in [6.07, 6.45) is 1.57. The number of nitrogens with one attached hydrogen (secondary N) is 1. The number of phenols is 1. The number of aromatic hydroxyl groups is 1. The monoisotopic (exact) mass is 411 g/mol. The third kappa shape index (κ3) is 3.77. The van der Waals surface area contributed by atoms with Crippen molar-refractivity contribution in [2.24, 2.45) is 0 Å². The van der Waals surface area contributed by atoms with Gasteiger partial charge in [0.25, 0.3) is 5.91 Å². The lowest BCUT2D eigenvalue weighted by Crippen LogP contribution is -2.17. The zero-order valence-corrected chi connectivity index (χ0v) is 15.9. The van der Waals surface area contributed by atoms with E-state index < -0.39 is 0 Å². The number of hydrogen-bond acceptors (Lipinski definition) is 5. The van der Waals surface area contributed by atoms with Gasteiger partial charge in [-0.15, -0.1) is 0 Å². The third-order valence-electron chi connectivity index (χ3n) is 3.51. The molecule has 1 fully saturated rings. The first-order valence-corrected chi connectivity index (χ1v) is 8.98. The summed E-state index contributed by atoms with van der Waals surface area (Å²) in [6, 6.07) is 8.37. The van der Waals surface area contributed by atoms with Gasteiger partial charge in [0.1, 0.15) is 15.8 Å². The Morgan fingerprint density at radius 2 is 2.00 bits per heavy atom. The van der Waals surface area contributed by atoms with E-state index in [1.54, 1.807) is 36.4 Å². The first-order valence-electron chi connectivity index (χ1n) is 7.00. The summed E-state index contributed by atoms with van der Waals surface area (Å²) in [7, 11) is 1.52. The van der Waals surface area contributed by atoms with Crippen molar-refractivity contribution in [3.05, 3.63) is 50.8 Å². The number of benzene rings is 2. The highest BCUT2D eigenvalue weighted by Gasteiger charge is 2.23. The van der Waals surface area contributed by atoms with Crippen LogP contribution in [-0.2, 0) is 4.79 Å². The van der Waals surface area contributed by atoms with Crippen molar-refractivity contribution in [3.8, 4) is 22.6 Å². The summed E-state index contributed by atoms with van der Waals surface area (Å²) >= 11 is 18.1. The molecule has 1 aliphatic heterocycles. The molecule has 4 nitrogen and oxygen atoms in total. The van der Waals surface area contributed by atoms with Crippen LogP contribution >= 0.6 is 47.2 Å². The number of carbonyl (C=O) groups excluding carboxylic acids is 1. The number of rotatable bonds is 3. The first kappa shape index (κ1) is 18.1. The van der Waals surface area contributed by atoms with Crippen molar-refractivity contribution >= 4 is 63.5 Å². The summed E-state index contributed by atoms with van der Waals surface area (Å²) in [5.74, 6) is 0.225. The minimum Gasteiger partial charge on any atom is -0.507 e. The predicted octanol–water partition coefficient (Wildman–Crippen LogP) is 4.86. The number of amides is 1. The molecule has 128 valence electrons. The normalized spacial score (nSPS) is 15.6. The van der Waals surface area contributed by atoms with Gasteiger partial charge in [-0.25, -0.2) is 0 Å². The summed E-state index contributed by atoms with van der Waals surface area (Å²) < 4.78 is 5.68. The lowest BCUT2D eigenvalue weighted by Gasteiger charge is -2.12. The van der Waals surface area contributed by atoms with Crippen molar-refractivity contribution < 1.29 is 14.6 Å². The van der Waals surface area contributed by atoms with E-state index in [2.05, 4.69) is 5.32 Å². The van der Waals surface area contributed by atoms with Gasteiger partial charge in [0, 0.05) is 11.1 Å². The highest BCUT2D eigenvalue weighted by atomic mass is 35.5. The van der Waals surface area contributed by atoms with Crippen LogP contribution in [0.3, 0.4) is 0 Å². The molecule has 0 saturated carbocycles. The molecule has 0 radical (unpaired) electrons. The number of methoxy groups -OCH3 is 1. The Labute approximate surface area is 163 Å². The van der Waals surface area contributed by atoms with Crippen molar-refractivity contribution in [1.29, 1.82) is 0 Å². The number of thioether (sulfide) groups is 1. The highest BCUT2D eigenvalue weighted by molar-refractivity contribution is 8.26. The van der Waals surface area contributed by atoms with E-state index in [1.165, 1.54) is 7.11 Å². The van der Waals surface area contributed by atoms with E-state index in [0.29, 0.717) is 41.7 Å². The number of phenolic OH excluding ortho intramolecular Hbond substituents is 1. The van der Waals surface area contributed by atoms with Crippen molar-refractivity contribution in [3.63, 3.8) is 0 Å². The van der Waals surface area contributed by atoms with Gasteiger partial charge in [0.2, 0.25) is 0 Å². The molecule has 0 unspecified atom stereocenters. The molecule has 2 N–H and O–H groups in total. The third-order valence-corrected chi connectivity index (χ3v) is 5.41. The summed E-state index contributed by atoms with van der Waals surface area (Å²) in [4.78, 5) is 12.3. The van der Waals surface area contributed by atoms with Gasteiger partial charge >= 0.3 is 0 Å². The molecule has 0 spiro atoms. The summed E-state index contributed by atoms with van der Waals surface area (Å²) in [5, 5.41) is 14.0. The van der Waals surface area contributed by atoms with Crippen LogP contribution in [0.15, 0.2) is 35.2 Å². The zero-order valence-electron chi connectivity index (χ0n) is 12.8. The van der Waals surface area contributed by atoms with E-state index in [-0.39, 0.29) is 11.7 Å². The fourth-order valence-corrected chi connectivity index (χ4v) is 3.64. The van der Waals surface area contributed by atoms with Gasteiger partial charge in [-0.1, -0.05) is 53.2 Å². The minimum atomic E-state index is -0.298. The fourth-order valence-electron chi connectivity index (χ4n) is 2.30. The van der Waals surface area contributed by atoms with Gasteiger partial charge in [0.05, 0.1) is 22.1 Å². The Bertz CT molecular complexity index is 928. The molecule has 1 amide bonds. The molecule has 8 heteroatoms. The molecule has 25 heavy (non-hydrogen) atoms. The van der Waals surface area contributed by atoms with Gasteiger partial charge < -0.3 is 15.2 Å². The topological polar surface area (TPSA) is 58.6 Å². The Balaban J connectivity index is 2.14. The van der Waals surface area contributed by atoms with Crippen LogP contribution in [0.4, 0.5) is 0 Å². The van der Waals surface area contributed by atoms with Crippen LogP contribution in [0.1, 0.15) is 5.56 Å². The van der Waals surface area contributed by atoms with Gasteiger partial charge in [-0.2, -0.15) is 0 Å². The molecular weight excluding hydrogens is 401 g/mol. The maximum atomic E-state index is 11.9. The molecule has 0 bridgehead atoms. The quantitative estimate of drug-likeness (QED) is 0.557. The molecule has 1 aliphatic rings. The average Bonchev–Trinajstić information content (AvgIpc) is 2.89. The molecule has 1 saturated heterocycles. The van der Waals surface area contributed by atoms with Gasteiger partial charge in [-0.05, 0) is 35.9 Å². The van der Waals surface area contributed by atoms with Gasteiger partial charge in [0.15, 0.2) is 0 Å². The standard InChI is InChI=1S/C17H11Cl2NO3S2/c1-23-10-4-9(6-14-16(22)20-17(24)25-14)15(21)11(7-10)8-2-3-12(18)13(19)5-8/h2-7,21H,1H3,(H,20,22,24). The molecule has 0 aromatic heterocycles. The Morgan fingerprint density at radius 1 is 1.24 bits per heavy atom. The van der Waals surface area contributed by atoms with Gasteiger partial charge in [-0.3, -0.25) is 4.79 Å². The minimum absolute atomic E-state index is 0.00194. The highest BCUT2D eigenvalue weighted by Crippen LogP contribution is 2.40. The number of hydrogen-bond donors (Lipinski definition) is 2. The smallest absolute Gasteiger partial charge is 0.263 e. The average molecular weight is 412 g/mol. The van der Waals surface area contributed by atoms with Crippen LogP contribution in [-0.4, -0.2) is 22.4 Å². The van der Waals surface area contributed by atoms with Crippen LogP contribution in [0.25, 0.3) is 17.2 Å². The van der Waals surface area contributed by atoms with Crippen molar-refractivity contribution in [2.45, 2.75) is 0 Å². The number of thiocarbonyl (C=S) groups is 1. The molecular formula is C17H11Cl2NO3S2. The second kappa shape index (κ2) is 7.25. The zero-order chi connectivity index (χ0) is 18.1. The molecule has 0 aliphatic carbocycles. The first-order chi connectivity index (χ1) is 11.9. The molecule has 0 atom stereocenters. The predicted molar refractivity (Wildman–Crippen MR) is 106 cm³/mol. The largest absolute Gasteiger partial charge is 0.507 e.